The molecule has 0 spiro atoms. The average molecular weight is 571 g/mol. The van der Waals surface area contributed by atoms with E-state index in [2.05, 4.69) is 16.0 Å². The van der Waals surface area contributed by atoms with Crippen LogP contribution in [0.1, 0.15) is 42.9 Å². The van der Waals surface area contributed by atoms with Crippen molar-refractivity contribution in [2.75, 3.05) is 13.7 Å². The zero-order valence-corrected chi connectivity index (χ0v) is 23.3. The molecule has 0 radical (unpaired) electrons. The molecule has 40 heavy (non-hydrogen) atoms. The molecule has 11 nitrogen and oxygen atoms in total. The molecule has 0 bridgehead atoms. The number of unbranched alkanes of at least 4 members (excludes halogenated alkanes) is 2. The Kier molecular flexibility index (Phi) is 10.8. The average Bonchev–Trinajstić information content (AvgIpc) is 3.22. The van der Waals surface area contributed by atoms with Crippen LogP contribution in [0, 0.1) is 0 Å². The first-order valence-electron chi connectivity index (χ1n) is 13.0. The van der Waals surface area contributed by atoms with Crippen molar-refractivity contribution in [3.8, 4) is 0 Å². The zero-order valence-electron chi connectivity index (χ0n) is 22.4. The van der Waals surface area contributed by atoms with Crippen molar-refractivity contribution in [2.45, 2.75) is 51.1 Å². The summed E-state index contributed by atoms with van der Waals surface area (Å²) in [4.78, 5) is 49.7. The first-order chi connectivity index (χ1) is 19.1. The molecule has 1 unspecified atom stereocenters. The second-order valence-corrected chi connectivity index (χ2v) is 11.0. The van der Waals surface area contributed by atoms with Gasteiger partial charge in [0.1, 0.15) is 17.0 Å². The summed E-state index contributed by atoms with van der Waals surface area (Å²) in [6.45, 7) is 2.49. The Morgan fingerprint density at radius 1 is 0.900 bits per heavy atom. The highest BCUT2D eigenvalue weighted by Gasteiger charge is 2.29. The van der Waals surface area contributed by atoms with E-state index in [1.54, 1.807) is 12.1 Å². The molecule has 0 aromatic heterocycles. The maximum absolute atomic E-state index is 13.0. The minimum absolute atomic E-state index is 0.0951. The number of carbonyl (C=O) groups is 4. The van der Waals surface area contributed by atoms with Gasteiger partial charge < -0.3 is 20.7 Å². The van der Waals surface area contributed by atoms with Crippen LogP contribution in [0.5, 0.6) is 0 Å². The third-order valence-corrected chi connectivity index (χ3v) is 7.64. The second-order valence-electron chi connectivity index (χ2n) is 9.31. The van der Waals surface area contributed by atoms with Crippen molar-refractivity contribution in [3.05, 3.63) is 77.4 Å². The lowest BCUT2D eigenvalue weighted by Gasteiger charge is -2.22. The van der Waals surface area contributed by atoms with Crippen LogP contribution < -0.4 is 20.7 Å². The maximum atomic E-state index is 13.0. The quantitative estimate of drug-likeness (QED) is 0.211. The SMILES string of the molecule is CCCCCNC(=O)[C@H](Cc1ccc(C2=CC(=O)NS2(=O)=O)cc1)NC(=O)NC(Cc1ccccc1)C(=O)OC. The molecule has 1 aliphatic heterocycles. The number of hydrogen-bond donors (Lipinski definition) is 4. The van der Waals surface area contributed by atoms with E-state index in [0.717, 1.165) is 30.9 Å². The monoisotopic (exact) mass is 570 g/mol. The number of nitrogens with one attached hydrogen (secondary N) is 4. The van der Waals surface area contributed by atoms with Gasteiger partial charge in [0.25, 0.3) is 15.9 Å². The van der Waals surface area contributed by atoms with Gasteiger partial charge in [0.2, 0.25) is 5.91 Å². The van der Waals surface area contributed by atoms with Crippen LogP contribution in [0.3, 0.4) is 0 Å². The standard InChI is InChI=1S/C28H34N4O7S/c1-3-4-8-15-29-26(34)22(16-20-11-13-21(14-12-20)24-18-25(33)32-40(24,37)38)30-28(36)31-23(27(35)39-2)17-19-9-6-5-7-10-19/h5-7,9-14,18,22-23H,3-4,8,15-17H2,1-2H3,(H,29,34)(H,32,33)(H2,30,31,36)/t22-,23?/m0/s1. The van der Waals surface area contributed by atoms with Crippen molar-refractivity contribution in [2.24, 2.45) is 0 Å². The van der Waals surface area contributed by atoms with Crippen LogP contribution in [0.4, 0.5) is 4.79 Å². The number of benzene rings is 2. The van der Waals surface area contributed by atoms with Gasteiger partial charge in [0.15, 0.2) is 0 Å². The first-order valence-corrected chi connectivity index (χ1v) is 14.5. The van der Waals surface area contributed by atoms with Crippen LogP contribution >= 0.6 is 0 Å². The lowest BCUT2D eigenvalue weighted by atomic mass is 10.0. The molecule has 4 N–H and O–H groups in total. The van der Waals surface area contributed by atoms with Crippen molar-refractivity contribution < 1.29 is 32.3 Å². The summed E-state index contributed by atoms with van der Waals surface area (Å²) >= 11 is 0. The van der Waals surface area contributed by atoms with Gasteiger partial charge in [0.05, 0.1) is 7.11 Å². The van der Waals surface area contributed by atoms with Crippen LogP contribution in [0.25, 0.3) is 4.91 Å². The third-order valence-electron chi connectivity index (χ3n) is 6.24. The molecule has 0 fully saturated rings. The summed E-state index contributed by atoms with van der Waals surface area (Å²) in [5.41, 5.74) is 1.77. The van der Waals surface area contributed by atoms with Gasteiger partial charge in [-0.1, -0.05) is 74.4 Å². The van der Waals surface area contributed by atoms with Crippen molar-refractivity contribution in [3.63, 3.8) is 0 Å². The molecule has 2 atom stereocenters. The number of amides is 4. The minimum Gasteiger partial charge on any atom is -0.467 e. The Hall–Kier alpha value is -4.19. The molecular weight excluding hydrogens is 536 g/mol. The first kappa shape index (κ1) is 30.4. The van der Waals surface area contributed by atoms with Crippen LogP contribution in [0.2, 0.25) is 0 Å². The largest absolute Gasteiger partial charge is 0.467 e. The Labute approximate surface area is 233 Å². The van der Waals surface area contributed by atoms with Crippen LogP contribution in [0.15, 0.2) is 60.7 Å². The summed E-state index contributed by atoms with van der Waals surface area (Å²) in [7, 11) is -2.69. The van der Waals surface area contributed by atoms with E-state index in [9.17, 15) is 27.6 Å². The molecule has 1 aliphatic rings. The van der Waals surface area contributed by atoms with Gasteiger partial charge >= 0.3 is 12.0 Å². The Morgan fingerprint density at radius 3 is 2.12 bits per heavy atom. The van der Waals surface area contributed by atoms with E-state index >= 15 is 0 Å². The fraction of sp³-hybridized carbons (Fsp3) is 0.357. The Morgan fingerprint density at radius 2 is 1.52 bits per heavy atom. The number of urea groups is 1. The van der Waals surface area contributed by atoms with E-state index in [-0.39, 0.29) is 17.7 Å². The molecule has 0 saturated carbocycles. The number of methoxy groups -OCH3 is 1. The molecular formula is C28H34N4O7S. The fourth-order valence-electron chi connectivity index (χ4n) is 4.16. The molecule has 0 aliphatic carbocycles. The van der Waals surface area contributed by atoms with Gasteiger partial charge in [-0.3, -0.25) is 9.59 Å². The minimum atomic E-state index is -3.92. The topological polar surface area (TPSA) is 160 Å². The zero-order chi connectivity index (χ0) is 29.1. The normalized spacial score (nSPS) is 15.2. The molecule has 214 valence electrons. The molecule has 2 aromatic carbocycles. The molecule has 2 aromatic rings. The molecule has 4 amide bonds. The lowest BCUT2D eigenvalue weighted by molar-refractivity contribution is -0.142. The number of carbonyl (C=O) groups excluding carboxylic acids is 4. The highest BCUT2D eigenvalue weighted by Crippen LogP contribution is 2.24. The number of rotatable bonds is 13. The van der Waals surface area contributed by atoms with Crippen LogP contribution in [-0.2, 0) is 42.0 Å². The summed E-state index contributed by atoms with van der Waals surface area (Å²) < 4.78 is 31.0. The smallest absolute Gasteiger partial charge is 0.328 e. The van der Waals surface area contributed by atoms with Crippen molar-refractivity contribution in [1.82, 2.24) is 20.7 Å². The van der Waals surface area contributed by atoms with Gasteiger partial charge in [-0.15, -0.1) is 0 Å². The van der Waals surface area contributed by atoms with Crippen LogP contribution in [-0.4, -0.2) is 58.0 Å². The van der Waals surface area contributed by atoms with Crippen molar-refractivity contribution in [1.29, 1.82) is 0 Å². The maximum Gasteiger partial charge on any atom is 0.328 e. The fourth-order valence-corrected chi connectivity index (χ4v) is 5.30. The number of ether oxygens (including phenoxy) is 1. The summed E-state index contributed by atoms with van der Waals surface area (Å²) in [6, 6.07) is 12.8. The molecule has 3 rings (SSSR count). The highest BCUT2D eigenvalue weighted by atomic mass is 32.2. The predicted molar refractivity (Wildman–Crippen MR) is 149 cm³/mol. The van der Waals surface area contributed by atoms with Gasteiger partial charge in [-0.25, -0.2) is 22.7 Å². The summed E-state index contributed by atoms with van der Waals surface area (Å²) in [6.07, 6.45) is 4.01. The third kappa shape index (κ3) is 8.67. The Bertz CT molecular complexity index is 1340. The Balaban J connectivity index is 1.73. The van der Waals surface area contributed by atoms with Gasteiger partial charge in [-0.05, 0) is 23.1 Å². The molecule has 12 heteroatoms. The van der Waals surface area contributed by atoms with E-state index in [1.807, 2.05) is 42.0 Å². The predicted octanol–water partition coefficient (Wildman–Crippen LogP) is 1.79. The summed E-state index contributed by atoms with van der Waals surface area (Å²) in [5.74, 6) is -1.74. The second kappa shape index (κ2) is 14.3. The highest BCUT2D eigenvalue weighted by molar-refractivity contribution is 7.99. The lowest BCUT2D eigenvalue weighted by Crippen LogP contribution is -2.54. The number of esters is 1. The van der Waals surface area contributed by atoms with E-state index in [4.69, 9.17) is 4.74 Å². The number of sulfonamides is 1. The summed E-state index contributed by atoms with van der Waals surface area (Å²) in [5, 5.41) is 8.10. The van der Waals surface area contributed by atoms with E-state index < -0.39 is 45.9 Å². The van der Waals surface area contributed by atoms with E-state index in [1.165, 1.54) is 19.2 Å². The van der Waals surface area contributed by atoms with Gasteiger partial charge in [-0.2, -0.15) is 0 Å². The van der Waals surface area contributed by atoms with Crippen molar-refractivity contribution >= 4 is 38.7 Å². The molecule has 0 saturated heterocycles. The molecule has 1 heterocycles. The number of hydrogen-bond acceptors (Lipinski definition) is 7. The van der Waals surface area contributed by atoms with E-state index in [0.29, 0.717) is 17.7 Å². The van der Waals surface area contributed by atoms with Gasteiger partial charge in [0, 0.05) is 25.5 Å².